The Hall–Kier alpha value is -2.82. The van der Waals surface area contributed by atoms with E-state index in [1.807, 2.05) is 6.92 Å². The van der Waals surface area contributed by atoms with Gasteiger partial charge in [0.05, 0.1) is 30.2 Å². The summed E-state index contributed by atoms with van der Waals surface area (Å²) in [6, 6.07) is 2.28. The first-order valence-corrected chi connectivity index (χ1v) is 9.27. The van der Waals surface area contributed by atoms with Crippen LogP contribution in [-0.2, 0) is 15.7 Å². The summed E-state index contributed by atoms with van der Waals surface area (Å²) in [7, 11) is 0. The van der Waals surface area contributed by atoms with E-state index in [1.54, 1.807) is 13.8 Å². The van der Waals surface area contributed by atoms with Crippen LogP contribution >= 0.6 is 0 Å². The molecule has 0 amide bonds. The van der Waals surface area contributed by atoms with Crippen molar-refractivity contribution in [1.29, 1.82) is 0 Å². The second-order valence-corrected chi connectivity index (χ2v) is 6.69. The zero-order chi connectivity index (χ0) is 21.8. The molecule has 1 aromatic rings. The van der Waals surface area contributed by atoms with E-state index in [1.165, 1.54) is 0 Å². The fourth-order valence-corrected chi connectivity index (χ4v) is 3.32. The van der Waals surface area contributed by atoms with Crippen LogP contribution in [0.15, 0.2) is 40.9 Å². The number of esters is 1. The van der Waals surface area contributed by atoms with E-state index >= 15 is 0 Å². The van der Waals surface area contributed by atoms with Gasteiger partial charge in [0.1, 0.15) is 5.82 Å². The molecule has 0 saturated carbocycles. The number of ether oxygens (including phenoxy) is 1. The summed E-state index contributed by atoms with van der Waals surface area (Å²) in [6.45, 7) is 12.8. The molecule has 1 aliphatic rings. The zero-order valence-electron chi connectivity index (χ0n) is 16.4. The van der Waals surface area contributed by atoms with Gasteiger partial charge in [0.25, 0.3) is 0 Å². The molecule has 29 heavy (non-hydrogen) atoms. The van der Waals surface area contributed by atoms with Gasteiger partial charge in [-0.3, -0.25) is 0 Å². The highest BCUT2D eigenvalue weighted by atomic mass is 19.4. The fraction of sp³-hybridized carbons (Fsp3) is 0.429. The van der Waals surface area contributed by atoms with Crippen LogP contribution in [-0.4, -0.2) is 12.6 Å². The van der Waals surface area contributed by atoms with Crippen LogP contribution in [0.5, 0.6) is 0 Å². The highest BCUT2D eigenvalue weighted by Gasteiger charge is 2.42. The van der Waals surface area contributed by atoms with Gasteiger partial charge in [0.15, 0.2) is 5.70 Å². The van der Waals surface area contributed by atoms with Gasteiger partial charge in [-0.25, -0.2) is 14.0 Å². The third-order valence-corrected chi connectivity index (χ3v) is 4.52. The number of halogens is 4. The highest BCUT2D eigenvalue weighted by Crippen LogP contribution is 2.45. The van der Waals surface area contributed by atoms with Crippen molar-refractivity contribution in [2.24, 2.45) is 0 Å². The van der Waals surface area contributed by atoms with E-state index in [2.05, 4.69) is 10.2 Å². The van der Waals surface area contributed by atoms with Crippen molar-refractivity contribution in [2.75, 3.05) is 6.61 Å². The molecular formula is C21H22F4N2O2. The maximum atomic E-state index is 13.7. The second kappa shape index (κ2) is 9.12. The third kappa shape index (κ3) is 4.78. The molecule has 0 spiro atoms. The number of carbonyl (C=O) groups is 1. The number of allylic oxidation sites excluding steroid dienone is 3. The summed E-state index contributed by atoms with van der Waals surface area (Å²) in [6.07, 6.45) is -3.31. The molecule has 0 fully saturated rings. The van der Waals surface area contributed by atoms with E-state index in [0.717, 1.165) is 12.1 Å². The smallest absolute Gasteiger partial charge is 0.416 e. The Morgan fingerprint density at radius 3 is 2.52 bits per heavy atom. The molecular weight excluding hydrogens is 388 g/mol. The van der Waals surface area contributed by atoms with Gasteiger partial charge in [-0.1, -0.05) is 26.3 Å². The lowest BCUT2D eigenvalue weighted by molar-refractivity contribution is -0.141. The molecule has 1 atom stereocenters. The van der Waals surface area contributed by atoms with Crippen LogP contribution in [0.3, 0.4) is 0 Å². The van der Waals surface area contributed by atoms with Crippen molar-refractivity contribution < 1.29 is 27.1 Å². The first kappa shape index (κ1) is 22.5. The van der Waals surface area contributed by atoms with Crippen molar-refractivity contribution in [1.82, 2.24) is 5.32 Å². The van der Waals surface area contributed by atoms with Gasteiger partial charge in [0, 0.05) is 11.4 Å². The molecule has 8 heteroatoms. The highest BCUT2D eigenvalue weighted by molar-refractivity contribution is 5.93. The molecule has 1 aromatic carbocycles. The number of rotatable bonds is 6. The van der Waals surface area contributed by atoms with Crippen LogP contribution in [0, 0.1) is 12.4 Å². The monoisotopic (exact) mass is 410 g/mol. The number of hydrogen-bond acceptors (Lipinski definition) is 3. The summed E-state index contributed by atoms with van der Waals surface area (Å²) < 4.78 is 59.9. The number of alkyl halides is 3. The summed E-state index contributed by atoms with van der Waals surface area (Å²) in [5.41, 5.74) is -0.865. The second-order valence-electron chi connectivity index (χ2n) is 6.69. The summed E-state index contributed by atoms with van der Waals surface area (Å²) >= 11 is 0. The zero-order valence-corrected chi connectivity index (χ0v) is 16.4. The number of nitrogens with one attached hydrogen (secondary N) is 1. The number of benzene rings is 1. The van der Waals surface area contributed by atoms with Crippen molar-refractivity contribution in [3.05, 3.63) is 69.2 Å². The predicted octanol–water partition coefficient (Wildman–Crippen LogP) is 5.69. The van der Waals surface area contributed by atoms with Crippen molar-refractivity contribution in [2.45, 2.75) is 52.1 Å². The normalized spacial score (nSPS) is 17.1. The molecule has 4 nitrogen and oxygen atoms in total. The minimum absolute atomic E-state index is 0.0333. The Balaban J connectivity index is 2.79. The number of nitrogens with zero attached hydrogens (tertiary/aromatic N) is 1. The van der Waals surface area contributed by atoms with Gasteiger partial charge < -0.3 is 10.1 Å². The molecule has 1 aliphatic heterocycles. The van der Waals surface area contributed by atoms with Gasteiger partial charge in [0.2, 0.25) is 0 Å². The average molecular weight is 410 g/mol. The Kier molecular flexibility index (Phi) is 7.07. The van der Waals surface area contributed by atoms with E-state index in [-0.39, 0.29) is 23.4 Å². The molecule has 156 valence electrons. The third-order valence-electron chi connectivity index (χ3n) is 4.52. The SMILES string of the molecule is [C-]#[N+]C1=C(C)NC(CCC)=C(C(=O)OCCC)C1c1ccc(F)cc1C(F)(F)F. The lowest BCUT2D eigenvalue weighted by Gasteiger charge is -2.31. The molecule has 0 aromatic heterocycles. The topological polar surface area (TPSA) is 42.7 Å². The molecule has 1 heterocycles. The lowest BCUT2D eigenvalue weighted by atomic mass is 9.81. The molecule has 0 saturated heterocycles. The first-order chi connectivity index (χ1) is 13.6. The molecule has 0 radical (unpaired) electrons. The molecule has 1 N–H and O–H groups in total. The van der Waals surface area contributed by atoms with Crippen LogP contribution in [0.2, 0.25) is 0 Å². The minimum atomic E-state index is -4.85. The lowest BCUT2D eigenvalue weighted by Crippen LogP contribution is -2.30. The van der Waals surface area contributed by atoms with E-state index < -0.39 is 29.4 Å². The number of hydrogen-bond donors (Lipinski definition) is 1. The molecule has 2 rings (SSSR count). The first-order valence-electron chi connectivity index (χ1n) is 9.27. The summed E-state index contributed by atoms with van der Waals surface area (Å²) in [5.74, 6) is -3.12. The number of dihydropyridines is 1. The average Bonchev–Trinajstić information content (AvgIpc) is 2.65. The number of carbonyl (C=O) groups excluding carboxylic acids is 1. The Bertz CT molecular complexity index is 895. The maximum Gasteiger partial charge on any atom is 0.416 e. The Labute approximate surface area is 167 Å². The van der Waals surface area contributed by atoms with Crippen molar-refractivity contribution in [3.63, 3.8) is 0 Å². The van der Waals surface area contributed by atoms with Crippen molar-refractivity contribution >= 4 is 5.97 Å². The van der Waals surface area contributed by atoms with Crippen molar-refractivity contribution in [3.8, 4) is 0 Å². The minimum Gasteiger partial charge on any atom is -0.462 e. The quantitative estimate of drug-likeness (QED) is 0.372. The standard InChI is InChI=1S/C21H22F4N2O2/c1-5-7-16-18(20(28)29-10-6-2)17(19(26-4)12(3)27-16)14-9-8-13(22)11-15(14)21(23,24)25/h8-9,11,17,27H,5-7,10H2,1-3H3. The van der Waals surface area contributed by atoms with E-state index in [0.29, 0.717) is 36.7 Å². The van der Waals surface area contributed by atoms with Gasteiger partial charge >= 0.3 is 12.1 Å². The van der Waals surface area contributed by atoms with Crippen LogP contribution in [0.4, 0.5) is 17.6 Å². The summed E-state index contributed by atoms with van der Waals surface area (Å²) in [4.78, 5) is 16.2. The Morgan fingerprint density at radius 2 is 1.97 bits per heavy atom. The van der Waals surface area contributed by atoms with Gasteiger partial charge in [-0.2, -0.15) is 13.2 Å². The predicted molar refractivity (Wildman–Crippen MR) is 99.8 cm³/mol. The molecule has 1 unspecified atom stereocenters. The fourth-order valence-electron chi connectivity index (χ4n) is 3.32. The van der Waals surface area contributed by atoms with Crippen LogP contribution in [0.25, 0.3) is 4.85 Å². The van der Waals surface area contributed by atoms with E-state index in [4.69, 9.17) is 11.3 Å². The maximum absolute atomic E-state index is 13.7. The van der Waals surface area contributed by atoms with Crippen LogP contribution in [0.1, 0.15) is 57.1 Å². The van der Waals surface area contributed by atoms with Gasteiger partial charge in [-0.15, -0.1) is 0 Å². The largest absolute Gasteiger partial charge is 0.462 e. The summed E-state index contributed by atoms with van der Waals surface area (Å²) in [5, 5.41) is 2.98. The van der Waals surface area contributed by atoms with E-state index in [9.17, 15) is 22.4 Å². The molecule has 0 bridgehead atoms. The molecule has 0 aliphatic carbocycles. The van der Waals surface area contributed by atoms with Gasteiger partial charge in [-0.05, 0) is 37.5 Å². The van der Waals surface area contributed by atoms with Crippen LogP contribution < -0.4 is 5.32 Å². The Morgan fingerprint density at radius 1 is 1.28 bits per heavy atom.